The van der Waals surface area contributed by atoms with E-state index in [2.05, 4.69) is 10.6 Å². The van der Waals surface area contributed by atoms with E-state index in [-0.39, 0.29) is 5.91 Å². The Morgan fingerprint density at radius 3 is 2.84 bits per heavy atom. The molecule has 0 saturated heterocycles. The Morgan fingerprint density at radius 2 is 2.16 bits per heavy atom. The van der Waals surface area contributed by atoms with Gasteiger partial charge in [-0.05, 0) is 24.1 Å². The molecular weight excluding hydrogens is 264 g/mol. The minimum Gasteiger partial charge on any atom is -0.383 e. The van der Waals surface area contributed by atoms with Gasteiger partial charge in [0.25, 0.3) is 0 Å². The van der Waals surface area contributed by atoms with E-state index < -0.39 is 0 Å². The molecule has 19 heavy (non-hydrogen) atoms. The minimum atomic E-state index is 0.0338. The van der Waals surface area contributed by atoms with Gasteiger partial charge in [-0.3, -0.25) is 4.79 Å². The van der Waals surface area contributed by atoms with E-state index in [0.717, 1.165) is 16.1 Å². The second kappa shape index (κ2) is 8.91. The summed E-state index contributed by atoms with van der Waals surface area (Å²) in [5, 5.41) is 6.77. The van der Waals surface area contributed by atoms with Crippen molar-refractivity contribution in [1.82, 2.24) is 10.6 Å². The summed E-state index contributed by atoms with van der Waals surface area (Å²) >= 11 is 6.04. The zero-order valence-electron chi connectivity index (χ0n) is 11.5. The predicted molar refractivity (Wildman–Crippen MR) is 77.4 cm³/mol. The number of benzene rings is 1. The van der Waals surface area contributed by atoms with Gasteiger partial charge >= 0.3 is 0 Å². The zero-order valence-corrected chi connectivity index (χ0v) is 12.2. The highest BCUT2D eigenvalue weighted by atomic mass is 35.5. The lowest BCUT2D eigenvalue weighted by Gasteiger charge is -2.07. The maximum Gasteiger partial charge on any atom is 0.221 e. The molecule has 0 radical (unpaired) electrons. The van der Waals surface area contributed by atoms with E-state index >= 15 is 0 Å². The Labute approximate surface area is 119 Å². The Morgan fingerprint density at radius 1 is 1.37 bits per heavy atom. The lowest BCUT2D eigenvalue weighted by atomic mass is 10.1. The van der Waals surface area contributed by atoms with E-state index in [1.54, 1.807) is 7.11 Å². The lowest BCUT2D eigenvalue weighted by Crippen LogP contribution is -2.29. The summed E-state index contributed by atoms with van der Waals surface area (Å²) in [6, 6.07) is 5.98. The summed E-state index contributed by atoms with van der Waals surface area (Å²) < 4.78 is 4.85. The molecule has 1 aromatic carbocycles. The molecule has 5 heteroatoms. The van der Waals surface area contributed by atoms with E-state index in [1.165, 1.54) is 0 Å². The maximum absolute atomic E-state index is 11.4. The number of methoxy groups -OCH3 is 1. The van der Waals surface area contributed by atoms with Crippen LogP contribution in [0.1, 0.15) is 17.5 Å². The first kappa shape index (κ1) is 16.0. The highest BCUT2D eigenvalue weighted by molar-refractivity contribution is 6.31. The average molecular weight is 285 g/mol. The molecule has 0 unspecified atom stereocenters. The van der Waals surface area contributed by atoms with Gasteiger partial charge in [0.15, 0.2) is 0 Å². The first-order valence-electron chi connectivity index (χ1n) is 6.35. The van der Waals surface area contributed by atoms with Crippen molar-refractivity contribution < 1.29 is 9.53 Å². The molecule has 0 aliphatic heterocycles. The number of hydrogen-bond acceptors (Lipinski definition) is 3. The Kier molecular flexibility index (Phi) is 7.48. The van der Waals surface area contributed by atoms with Crippen molar-refractivity contribution in [3.8, 4) is 0 Å². The van der Waals surface area contributed by atoms with Crippen LogP contribution in [0, 0.1) is 6.92 Å². The molecule has 1 aromatic rings. The van der Waals surface area contributed by atoms with E-state index in [4.69, 9.17) is 16.3 Å². The summed E-state index contributed by atoms with van der Waals surface area (Å²) in [6.07, 6.45) is 0.462. The summed E-state index contributed by atoms with van der Waals surface area (Å²) in [5.41, 5.74) is 2.19. The van der Waals surface area contributed by atoms with E-state index in [0.29, 0.717) is 32.7 Å². The van der Waals surface area contributed by atoms with E-state index in [1.807, 2.05) is 25.1 Å². The SMILES string of the molecule is COCCNC(=O)CCNCc1ccc(C)c(Cl)c1. The summed E-state index contributed by atoms with van der Waals surface area (Å²) in [6.45, 7) is 4.43. The molecule has 1 rings (SSSR count). The van der Waals surface area contributed by atoms with Crippen molar-refractivity contribution in [2.45, 2.75) is 19.9 Å². The first-order valence-corrected chi connectivity index (χ1v) is 6.72. The molecule has 0 saturated carbocycles. The third-order valence-corrected chi connectivity index (χ3v) is 3.13. The Balaban J connectivity index is 2.16. The fourth-order valence-corrected chi connectivity index (χ4v) is 1.77. The molecule has 106 valence electrons. The maximum atomic E-state index is 11.4. The number of amides is 1. The number of hydrogen-bond donors (Lipinski definition) is 2. The molecule has 2 N–H and O–H groups in total. The number of aryl methyl sites for hydroxylation is 1. The second-order valence-electron chi connectivity index (χ2n) is 4.35. The normalized spacial score (nSPS) is 10.5. The molecule has 0 aliphatic rings. The third kappa shape index (κ3) is 6.57. The number of carbonyl (C=O) groups excluding carboxylic acids is 1. The van der Waals surface area contributed by atoms with Crippen LogP contribution in [0.25, 0.3) is 0 Å². The van der Waals surface area contributed by atoms with E-state index in [9.17, 15) is 4.79 Å². The highest BCUT2D eigenvalue weighted by Crippen LogP contribution is 2.16. The zero-order chi connectivity index (χ0) is 14.1. The largest absolute Gasteiger partial charge is 0.383 e. The molecule has 0 aliphatic carbocycles. The van der Waals surface area contributed by atoms with Gasteiger partial charge in [-0.15, -0.1) is 0 Å². The number of rotatable bonds is 8. The molecule has 1 amide bonds. The fourth-order valence-electron chi connectivity index (χ4n) is 1.56. The topological polar surface area (TPSA) is 50.4 Å². The minimum absolute atomic E-state index is 0.0338. The van der Waals surface area contributed by atoms with Crippen molar-refractivity contribution in [3.63, 3.8) is 0 Å². The van der Waals surface area contributed by atoms with Gasteiger partial charge in [0.2, 0.25) is 5.91 Å². The molecule has 0 heterocycles. The average Bonchev–Trinajstić information content (AvgIpc) is 2.39. The molecule has 0 atom stereocenters. The summed E-state index contributed by atoms with van der Waals surface area (Å²) in [7, 11) is 1.61. The van der Waals surface area contributed by atoms with Gasteiger partial charge in [0.05, 0.1) is 6.61 Å². The fraction of sp³-hybridized carbons (Fsp3) is 0.500. The highest BCUT2D eigenvalue weighted by Gasteiger charge is 2.01. The van der Waals surface area contributed by atoms with Gasteiger partial charge in [-0.25, -0.2) is 0 Å². The predicted octanol–water partition coefficient (Wildman–Crippen LogP) is 1.89. The number of nitrogens with one attached hydrogen (secondary N) is 2. The monoisotopic (exact) mass is 284 g/mol. The molecule has 0 bridgehead atoms. The Hall–Kier alpha value is -1.10. The second-order valence-corrected chi connectivity index (χ2v) is 4.76. The van der Waals surface area contributed by atoms with Gasteiger partial charge in [-0.2, -0.15) is 0 Å². The van der Waals surface area contributed by atoms with Gasteiger partial charge in [0, 0.05) is 38.2 Å². The standard InChI is InChI=1S/C14H21ClN2O2/c1-11-3-4-12(9-13(11)15)10-16-6-5-14(18)17-7-8-19-2/h3-4,9,16H,5-8,10H2,1-2H3,(H,17,18). The van der Waals surface area contributed by atoms with Crippen LogP contribution >= 0.6 is 11.6 Å². The summed E-state index contributed by atoms with van der Waals surface area (Å²) in [4.78, 5) is 11.4. The van der Waals surface area contributed by atoms with Crippen molar-refractivity contribution in [3.05, 3.63) is 34.3 Å². The molecule has 4 nitrogen and oxygen atoms in total. The molecule has 0 fully saturated rings. The van der Waals surface area contributed by atoms with Gasteiger partial charge in [0.1, 0.15) is 0 Å². The van der Waals surface area contributed by atoms with Crippen LogP contribution in [0.4, 0.5) is 0 Å². The van der Waals surface area contributed by atoms with Gasteiger partial charge < -0.3 is 15.4 Å². The van der Waals surface area contributed by atoms with Crippen LogP contribution in [0.3, 0.4) is 0 Å². The van der Waals surface area contributed by atoms with Crippen LogP contribution in [-0.2, 0) is 16.1 Å². The lowest BCUT2D eigenvalue weighted by molar-refractivity contribution is -0.121. The van der Waals surface area contributed by atoms with Crippen molar-refractivity contribution in [2.75, 3.05) is 26.8 Å². The van der Waals surface area contributed by atoms with Crippen LogP contribution in [-0.4, -0.2) is 32.7 Å². The third-order valence-electron chi connectivity index (χ3n) is 2.72. The van der Waals surface area contributed by atoms with Crippen LogP contribution in [0.2, 0.25) is 5.02 Å². The molecule has 0 aromatic heterocycles. The van der Waals surface area contributed by atoms with Crippen molar-refractivity contribution in [2.24, 2.45) is 0 Å². The van der Waals surface area contributed by atoms with Crippen molar-refractivity contribution in [1.29, 1.82) is 0 Å². The smallest absolute Gasteiger partial charge is 0.221 e. The quantitative estimate of drug-likeness (QED) is 0.717. The van der Waals surface area contributed by atoms with Crippen LogP contribution in [0.5, 0.6) is 0 Å². The molecular formula is C14H21ClN2O2. The first-order chi connectivity index (χ1) is 9.13. The van der Waals surface area contributed by atoms with Crippen LogP contribution < -0.4 is 10.6 Å². The number of halogens is 1. The van der Waals surface area contributed by atoms with Crippen LogP contribution in [0.15, 0.2) is 18.2 Å². The molecule has 0 spiro atoms. The number of carbonyl (C=O) groups is 1. The van der Waals surface area contributed by atoms with Gasteiger partial charge in [-0.1, -0.05) is 23.7 Å². The number of ether oxygens (including phenoxy) is 1. The Bertz CT molecular complexity index is 410. The van der Waals surface area contributed by atoms with Crippen molar-refractivity contribution >= 4 is 17.5 Å². The summed E-state index contributed by atoms with van der Waals surface area (Å²) in [5.74, 6) is 0.0338.